The third-order valence-corrected chi connectivity index (χ3v) is 12.9. The predicted octanol–water partition coefficient (Wildman–Crippen LogP) is 0.305. The Morgan fingerprint density at radius 3 is 1.87 bits per heavy atom. The van der Waals surface area contributed by atoms with Gasteiger partial charge in [-0.1, -0.05) is 98.9 Å². The molecule has 0 spiro atoms. The van der Waals surface area contributed by atoms with Gasteiger partial charge in [0.05, 0.1) is 85.5 Å². The van der Waals surface area contributed by atoms with E-state index in [4.69, 9.17) is 24.7 Å². The number of ether oxygens (including phenoxy) is 4. The number of fused-ring (bicyclic) bond motifs is 2. The summed E-state index contributed by atoms with van der Waals surface area (Å²) in [7, 11) is 3.65. The van der Waals surface area contributed by atoms with Crippen LogP contribution >= 0.6 is 0 Å². The summed E-state index contributed by atoms with van der Waals surface area (Å²) in [6.45, 7) is 7.50. The van der Waals surface area contributed by atoms with Crippen molar-refractivity contribution in [3.63, 3.8) is 0 Å². The van der Waals surface area contributed by atoms with Crippen LogP contribution in [-0.4, -0.2) is 192 Å². The van der Waals surface area contributed by atoms with E-state index in [0.29, 0.717) is 6.54 Å². The van der Waals surface area contributed by atoms with Gasteiger partial charge in [0, 0.05) is 44.2 Å². The Morgan fingerprint density at radius 2 is 1.27 bits per heavy atom. The summed E-state index contributed by atoms with van der Waals surface area (Å²) in [5.41, 5.74) is 6.11. The number of hydrogen-bond acceptors (Lipinski definition) is 18. The van der Waals surface area contributed by atoms with Crippen molar-refractivity contribution in [2.45, 2.75) is 177 Å². The maximum Gasteiger partial charge on any atom is 0.308 e. The van der Waals surface area contributed by atoms with Crippen molar-refractivity contribution in [3.8, 4) is 0 Å². The fraction of sp³-hybridized carbons (Fsp3) is 0.686. The van der Waals surface area contributed by atoms with Crippen LogP contribution in [0.2, 0.25) is 0 Å². The van der Waals surface area contributed by atoms with Gasteiger partial charge in [0.1, 0.15) is 12.2 Å². The second-order valence-corrected chi connectivity index (χ2v) is 19.3. The highest BCUT2D eigenvalue weighted by Crippen LogP contribution is 2.38. The van der Waals surface area contributed by atoms with Crippen LogP contribution in [0.4, 0.5) is 0 Å². The number of allylic oxidation sites excluding steroid dienone is 12. The van der Waals surface area contributed by atoms with Crippen molar-refractivity contribution in [1.29, 1.82) is 0 Å². The molecule has 3 aliphatic rings. The molecule has 1 amide bonds. The summed E-state index contributed by atoms with van der Waals surface area (Å²) in [5.74, 6) is -5.60. The molecule has 0 radical (unpaired) electrons. The van der Waals surface area contributed by atoms with E-state index in [9.17, 15) is 60.7 Å². The normalized spacial score (nSPS) is 43.1. The lowest BCUT2D eigenvalue weighted by Crippen LogP contribution is -2.62. The van der Waals surface area contributed by atoms with Crippen LogP contribution in [0.1, 0.15) is 79.1 Å². The first-order valence-corrected chi connectivity index (χ1v) is 24.4. The number of esters is 1. The van der Waals surface area contributed by atoms with E-state index >= 15 is 0 Å². The number of nitrogens with one attached hydrogen (secondary N) is 1. The van der Waals surface area contributed by atoms with Crippen LogP contribution in [0.15, 0.2) is 85.1 Å². The van der Waals surface area contributed by atoms with Crippen LogP contribution in [0, 0.1) is 17.8 Å². The van der Waals surface area contributed by atoms with Crippen molar-refractivity contribution >= 4 is 11.9 Å². The van der Waals surface area contributed by atoms with Gasteiger partial charge in [-0.3, -0.25) is 9.59 Å². The number of carbonyl (C=O) groups excluding carboxylic acids is 2. The van der Waals surface area contributed by atoms with E-state index in [0.717, 1.165) is 0 Å². The molecule has 0 saturated carbocycles. The molecule has 0 aromatic heterocycles. The van der Waals surface area contributed by atoms with Gasteiger partial charge in [0.2, 0.25) is 5.91 Å². The average Bonchev–Trinajstić information content (AvgIpc) is 3.27. The van der Waals surface area contributed by atoms with E-state index in [1.165, 1.54) is 0 Å². The van der Waals surface area contributed by atoms with Gasteiger partial charge in [0.15, 0.2) is 12.1 Å². The summed E-state index contributed by atoms with van der Waals surface area (Å²) in [5, 5.41) is 113. The lowest BCUT2D eigenvalue weighted by atomic mass is 9.82. The third-order valence-electron chi connectivity index (χ3n) is 12.9. The standard InChI is InChI=1S/C51H83N3O16/c1-31-19-17-15-13-11-9-7-8-10-12-14-16-18-20-38(69-50-48(64)45(52)47(63)34(4)68-50)28-42-44(49(65)53-23-24-54(5)6)41(60)30-51(66,70-42)29-40(59)39(58)22-21-35(55)25-36(56)26-37(57)27-43(61)67-33(3)32(2)46(31)62/h7-20,31-42,44-48,50,55-60,62-64,66H,21-30,52H2,1-6H3,(H,53,65)/b8-7+,11-9+,12-10+,15-13+,16-14+,19-17+,20-18+/t31-,32-,33-,34+,35+,36+,37+,38-,39+,40+,41-,42-,44+,45-,46+,47+,48-,50-,51+/m0/s1. The van der Waals surface area contributed by atoms with Crippen LogP contribution in [0.3, 0.4) is 0 Å². The van der Waals surface area contributed by atoms with Crippen molar-refractivity contribution in [2.24, 2.45) is 23.5 Å². The van der Waals surface area contributed by atoms with Crippen LogP contribution < -0.4 is 11.1 Å². The summed E-state index contributed by atoms with van der Waals surface area (Å²) in [6, 6.07) is -1.13. The first kappa shape index (κ1) is 60.8. The maximum absolute atomic E-state index is 13.8. The molecule has 2 bridgehead atoms. The quantitative estimate of drug-likeness (QED) is 0.159. The zero-order chi connectivity index (χ0) is 52.1. The highest BCUT2D eigenvalue weighted by Gasteiger charge is 2.51. The first-order chi connectivity index (χ1) is 33.0. The Balaban J connectivity index is 1.93. The average molecular weight is 994 g/mol. The van der Waals surface area contributed by atoms with Crippen molar-refractivity contribution < 1.29 is 79.6 Å². The molecule has 3 aliphatic heterocycles. The molecule has 0 unspecified atom stereocenters. The fourth-order valence-electron chi connectivity index (χ4n) is 8.50. The number of carbonyl (C=O) groups is 2. The summed E-state index contributed by atoms with van der Waals surface area (Å²) >= 11 is 0. The van der Waals surface area contributed by atoms with Gasteiger partial charge in [-0.2, -0.15) is 0 Å². The van der Waals surface area contributed by atoms with E-state index in [-0.39, 0.29) is 44.6 Å². The third kappa shape index (κ3) is 20.9. The minimum Gasteiger partial charge on any atom is -0.462 e. The number of nitrogens with two attached hydrogens (primary N) is 1. The lowest BCUT2D eigenvalue weighted by molar-refractivity contribution is -0.308. The van der Waals surface area contributed by atoms with Gasteiger partial charge >= 0.3 is 5.97 Å². The minimum atomic E-state index is -2.29. The van der Waals surface area contributed by atoms with Gasteiger partial charge < -0.3 is 86.0 Å². The number of aliphatic hydroxyl groups excluding tert-OH is 9. The van der Waals surface area contributed by atoms with E-state index < -0.39 is 140 Å². The number of nitrogens with zero attached hydrogens (tertiary/aromatic N) is 1. The Hall–Kier alpha value is -3.48. The monoisotopic (exact) mass is 994 g/mol. The molecule has 2 saturated heterocycles. The van der Waals surface area contributed by atoms with E-state index in [2.05, 4.69) is 5.32 Å². The van der Waals surface area contributed by atoms with Gasteiger partial charge in [-0.05, 0) is 53.6 Å². The number of likely N-dealkylation sites (N-methyl/N-ethyl adjacent to an activating group) is 1. The highest BCUT2D eigenvalue weighted by atomic mass is 16.7. The molecule has 70 heavy (non-hydrogen) atoms. The molecule has 0 aromatic carbocycles. The molecule has 3 heterocycles. The smallest absolute Gasteiger partial charge is 0.308 e. The van der Waals surface area contributed by atoms with Crippen molar-refractivity contribution in [1.82, 2.24) is 10.2 Å². The second kappa shape index (κ2) is 30.5. The predicted molar refractivity (Wildman–Crippen MR) is 261 cm³/mol. The fourth-order valence-corrected chi connectivity index (χ4v) is 8.50. The van der Waals surface area contributed by atoms with E-state index in [1.807, 2.05) is 68.5 Å². The summed E-state index contributed by atoms with van der Waals surface area (Å²) in [4.78, 5) is 28.3. The molecule has 0 aromatic rings. The number of rotatable bonds is 6. The Morgan fingerprint density at radius 1 is 0.714 bits per heavy atom. The molecule has 19 nitrogen and oxygen atoms in total. The minimum absolute atomic E-state index is 0.119. The van der Waals surface area contributed by atoms with Gasteiger partial charge in [-0.25, -0.2) is 0 Å². The van der Waals surface area contributed by atoms with Crippen LogP contribution in [0.5, 0.6) is 0 Å². The molecule has 2 fully saturated rings. The molecule has 13 N–H and O–H groups in total. The lowest BCUT2D eigenvalue weighted by Gasteiger charge is -2.46. The second-order valence-electron chi connectivity index (χ2n) is 19.3. The molecular weight excluding hydrogens is 911 g/mol. The molecule has 0 aliphatic carbocycles. The zero-order valence-electron chi connectivity index (χ0n) is 41.5. The molecule has 19 atom stereocenters. The zero-order valence-corrected chi connectivity index (χ0v) is 41.5. The number of aliphatic hydroxyl groups is 10. The Bertz CT molecular complexity index is 1770. The SMILES string of the molecule is C[C@@H]1[C@H](O)[C@@H](C)/C=C/C=C/C=C/C=C/C=C/C=C/C=C/[C@H](O[C@@H]2O[C@H](C)[C@@H](O)[C@H](N)[C@@H]2O)C[C@@H]2O[C@](O)(C[C@@H](O)[C@H](O)CC[C@@H](O)C[C@@H](O)C[C@@H](O)CC(=O)O[C@H]1C)C[C@H](O)[C@H]2C(=O)NCCN(C)C. The van der Waals surface area contributed by atoms with Crippen molar-refractivity contribution in [3.05, 3.63) is 85.1 Å². The maximum atomic E-state index is 13.8. The topological polar surface area (TPSA) is 315 Å². The number of amides is 1. The first-order valence-electron chi connectivity index (χ1n) is 24.4. The molecule has 3 rings (SSSR count). The largest absolute Gasteiger partial charge is 0.462 e. The number of hydrogen-bond donors (Lipinski definition) is 12. The summed E-state index contributed by atoms with van der Waals surface area (Å²) in [6.07, 6.45) is 4.94. The molecular formula is C51H83N3O16. The van der Waals surface area contributed by atoms with Crippen LogP contribution in [-0.2, 0) is 28.5 Å². The highest BCUT2D eigenvalue weighted by molar-refractivity contribution is 5.80. The Kier molecular flexibility index (Phi) is 26.5. The van der Waals surface area contributed by atoms with Gasteiger partial charge in [-0.15, -0.1) is 0 Å². The number of cyclic esters (lactones) is 1. The summed E-state index contributed by atoms with van der Waals surface area (Å²) < 4.78 is 23.7. The Labute approximate surface area is 413 Å². The van der Waals surface area contributed by atoms with Crippen molar-refractivity contribution in [2.75, 3.05) is 27.2 Å². The molecule has 398 valence electrons. The van der Waals surface area contributed by atoms with Gasteiger partial charge in [0.25, 0.3) is 0 Å². The van der Waals surface area contributed by atoms with Crippen LogP contribution in [0.25, 0.3) is 0 Å². The molecule has 19 heteroatoms. The van der Waals surface area contributed by atoms with E-state index in [1.54, 1.807) is 63.3 Å².